The normalized spacial score (nSPS) is 24.1. The molecule has 0 aliphatic carbocycles. The van der Waals surface area contributed by atoms with Gasteiger partial charge in [-0.05, 0) is 30.7 Å². The highest BCUT2D eigenvalue weighted by atomic mass is 16.5. The highest BCUT2D eigenvalue weighted by Crippen LogP contribution is 2.33. The van der Waals surface area contributed by atoms with Crippen LogP contribution in [0, 0.1) is 0 Å². The van der Waals surface area contributed by atoms with E-state index in [0.29, 0.717) is 0 Å². The van der Waals surface area contributed by atoms with Gasteiger partial charge in [0.25, 0.3) is 0 Å². The molecular weight excluding hydrogens is 226 g/mol. The van der Waals surface area contributed by atoms with Gasteiger partial charge >= 0.3 is 0 Å². The first kappa shape index (κ1) is 11.8. The first-order valence-corrected chi connectivity index (χ1v) is 6.59. The van der Waals surface area contributed by atoms with Crippen LogP contribution in [0.1, 0.15) is 23.7 Å². The minimum Gasteiger partial charge on any atom is -0.496 e. The molecule has 0 fully saturated rings. The van der Waals surface area contributed by atoms with Crippen LogP contribution in [0.4, 0.5) is 0 Å². The number of nitrogens with one attached hydrogen (secondary N) is 1. The molecule has 2 unspecified atom stereocenters. The van der Waals surface area contributed by atoms with Crippen molar-refractivity contribution in [1.82, 2.24) is 5.32 Å². The molecule has 2 aliphatic heterocycles. The zero-order chi connectivity index (χ0) is 12.4. The van der Waals surface area contributed by atoms with Gasteiger partial charge in [0.2, 0.25) is 0 Å². The van der Waals surface area contributed by atoms with Crippen LogP contribution in [0.25, 0.3) is 0 Å². The van der Waals surface area contributed by atoms with Crippen molar-refractivity contribution in [2.24, 2.45) is 0 Å². The lowest BCUT2D eigenvalue weighted by atomic mass is 9.92. The maximum absolute atomic E-state index is 5.99. The highest BCUT2D eigenvalue weighted by Gasteiger charge is 2.32. The summed E-state index contributed by atoms with van der Waals surface area (Å²) in [5, 5.41) is 3.34. The number of hydrogen-bond donors (Lipinski definition) is 1. The summed E-state index contributed by atoms with van der Waals surface area (Å²) in [4.78, 5) is 0. The molecule has 3 rings (SSSR count). The average Bonchev–Trinajstić information content (AvgIpc) is 2.94. The van der Waals surface area contributed by atoms with Crippen molar-refractivity contribution in [3.63, 3.8) is 0 Å². The van der Waals surface area contributed by atoms with E-state index in [1.165, 1.54) is 11.1 Å². The van der Waals surface area contributed by atoms with Crippen molar-refractivity contribution in [2.75, 3.05) is 20.3 Å². The molecule has 0 amide bonds. The van der Waals surface area contributed by atoms with Crippen LogP contribution in [0.2, 0.25) is 0 Å². The van der Waals surface area contributed by atoms with Gasteiger partial charge < -0.3 is 14.8 Å². The minimum absolute atomic E-state index is 0.0595. The summed E-state index contributed by atoms with van der Waals surface area (Å²) in [6, 6.07) is 8.66. The lowest BCUT2D eigenvalue weighted by molar-refractivity contribution is 0.0126. The molecule has 2 heterocycles. The second kappa shape index (κ2) is 5.12. The summed E-state index contributed by atoms with van der Waals surface area (Å²) in [5.41, 5.74) is 2.69. The van der Waals surface area contributed by atoms with E-state index in [1.54, 1.807) is 0 Å². The molecular formula is C15H19NO2. The Morgan fingerprint density at radius 1 is 1.28 bits per heavy atom. The van der Waals surface area contributed by atoms with Crippen LogP contribution in [0.5, 0.6) is 0 Å². The van der Waals surface area contributed by atoms with Crippen LogP contribution in [-0.2, 0) is 15.9 Å². The summed E-state index contributed by atoms with van der Waals surface area (Å²) in [6.07, 6.45) is 4.23. The Labute approximate surface area is 108 Å². The Bertz CT molecular complexity index is 456. The largest absolute Gasteiger partial charge is 0.496 e. The minimum atomic E-state index is 0.0595. The number of fused-ring (bicyclic) bond motifs is 1. The van der Waals surface area contributed by atoms with E-state index in [2.05, 4.69) is 35.7 Å². The first-order valence-electron chi connectivity index (χ1n) is 6.59. The van der Waals surface area contributed by atoms with Crippen LogP contribution in [-0.4, -0.2) is 26.3 Å². The maximum atomic E-state index is 5.99. The fourth-order valence-electron chi connectivity index (χ4n) is 2.80. The van der Waals surface area contributed by atoms with E-state index >= 15 is 0 Å². The average molecular weight is 245 g/mol. The standard InChI is InChI=1S/C15H19NO2/c1-16-14(13-7-4-9-17-13)15-12-6-3-2-5-11(12)8-10-18-15/h2-3,5-7,14-16H,4,8-10H2,1H3. The molecule has 2 aliphatic rings. The molecule has 0 saturated heterocycles. The summed E-state index contributed by atoms with van der Waals surface area (Å²) >= 11 is 0. The number of benzene rings is 1. The quantitative estimate of drug-likeness (QED) is 0.885. The second-order valence-electron chi connectivity index (χ2n) is 4.75. The number of likely N-dealkylation sites (N-methyl/N-ethyl adjacent to an activating group) is 1. The lowest BCUT2D eigenvalue weighted by Gasteiger charge is -2.32. The molecule has 3 nitrogen and oxygen atoms in total. The Morgan fingerprint density at radius 2 is 2.17 bits per heavy atom. The van der Waals surface area contributed by atoms with E-state index in [0.717, 1.165) is 31.8 Å². The second-order valence-corrected chi connectivity index (χ2v) is 4.75. The summed E-state index contributed by atoms with van der Waals surface area (Å²) in [5.74, 6) is 1.03. The fourth-order valence-corrected chi connectivity index (χ4v) is 2.80. The van der Waals surface area contributed by atoms with Crippen molar-refractivity contribution in [2.45, 2.75) is 25.0 Å². The van der Waals surface area contributed by atoms with Crippen molar-refractivity contribution in [3.8, 4) is 0 Å². The number of hydrogen-bond acceptors (Lipinski definition) is 3. The Hall–Kier alpha value is -1.32. The third-order valence-electron chi connectivity index (χ3n) is 3.68. The zero-order valence-electron chi connectivity index (χ0n) is 10.7. The highest BCUT2D eigenvalue weighted by molar-refractivity contribution is 5.33. The van der Waals surface area contributed by atoms with Gasteiger partial charge in [-0.25, -0.2) is 0 Å². The predicted molar refractivity (Wildman–Crippen MR) is 70.3 cm³/mol. The van der Waals surface area contributed by atoms with Gasteiger partial charge in [0, 0.05) is 6.42 Å². The molecule has 0 bridgehead atoms. The van der Waals surface area contributed by atoms with Gasteiger partial charge in [-0.15, -0.1) is 0 Å². The Kier molecular flexibility index (Phi) is 3.35. The van der Waals surface area contributed by atoms with E-state index in [9.17, 15) is 0 Å². The van der Waals surface area contributed by atoms with E-state index in [1.807, 2.05) is 7.05 Å². The van der Waals surface area contributed by atoms with Gasteiger partial charge in [0.15, 0.2) is 0 Å². The van der Waals surface area contributed by atoms with Gasteiger partial charge in [-0.3, -0.25) is 0 Å². The van der Waals surface area contributed by atoms with Gasteiger partial charge in [-0.2, -0.15) is 0 Å². The smallest absolute Gasteiger partial charge is 0.112 e. The van der Waals surface area contributed by atoms with Crippen LogP contribution < -0.4 is 5.32 Å². The Morgan fingerprint density at radius 3 is 2.94 bits per heavy atom. The molecule has 0 spiro atoms. The molecule has 96 valence electrons. The predicted octanol–water partition coefficient (Wildman–Crippen LogP) is 2.19. The Balaban J connectivity index is 1.92. The molecule has 1 N–H and O–H groups in total. The van der Waals surface area contributed by atoms with Crippen molar-refractivity contribution in [1.29, 1.82) is 0 Å². The van der Waals surface area contributed by atoms with Crippen molar-refractivity contribution < 1.29 is 9.47 Å². The third kappa shape index (κ3) is 2.04. The van der Waals surface area contributed by atoms with Crippen LogP contribution in [0.15, 0.2) is 36.1 Å². The molecule has 18 heavy (non-hydrogen) atoms. The van der Waals surface area contributed by atoms with Gasteiger partial charge in [0.1, 0.15) is 11.9 Å². The molecule has 2 atom stereocenters. The molecule has 1 aromatic rings. The maximum Gasteiger partial charge on any atom is 0.112 e. The number of ether oxygens (including phenoxy) is 2. The molecule has 0 radical (unpaired) electrons. The topological polar surface area (TPSA) is 30.5 Å². The van der Waals surface area contributed by atoms with E-state index in [4.69, 9.17) is 9.47 Å². The molecule has 1 aromatic carbocycles. The zero-order valence-corrected chi connectivity index (χ0v) is 10.7. The summed E-state index contributed by atoms with van der Waals surface area (Å²) < 4.78 is 11.7. The van der Waals surface area contributed by atoms with Crippen LogP contribution in [0.3, 0.4) is 0 Å². The SMILES string of the molecule is CNC(C1=CCCO1)C1OCCc2ccccc21. The van der Waals surface area contributed by atoms with Gasteiger partial charge in [-0.1, -0.05) is 24.3 Å². The van der Waals surface area contributed by atoms with Crippen molar-refractivity contribution >= 4 is 0 Å². The number of rotatable bonds is 3. The summed E-state index contributed by atoms with van der Waals surface area (Å²) in [7, 11) is 1.97. The third-order valence-corrected chi connectivity index (χ3v) is 3.68. The van der Waals surface area contributed by atoms with Crippen molar-refractivity contribution in [3.05, 3.63) is 47.2 Å². The lowest BCUT2D eigenvalue weighted by Crippen LogP contribution is -2.38. The van der Waals surface area contributed by atoms with E-state index in [-0.39, 0.29) is 12.1 Å². The first-order chi connectivity index (χ1) is 8.90. The fraction of sp³-hybridized carbons (Fsp3) is 0.467. The monoisotopic (exact) mass is 245 g/mol. The van der Waals surface area contributed by atoms with E-state index < -0.39 is 0 Å². The van der Waals surface area contributed by atoms with Gasteiger partial charge in [0.05, 0.1) is 19.3 Å². The molecule has 3 heteroatoms. The molecule has 0 saturated carbocycles. The summed E-state index contributed by atoms with van der Waals surface area (Å²) in [6.45, 7) is 1.58. The molecule has 0 aromatic heterocycles. The van der Waals surface area contributed by atoms with Crippen LogP contribution >= 0.6 is 0 Å².